The van der Waals surface area contributed by atoms with Crippen molar-refractivity contribution >= 4 is 39.4 Å². The highest BCUT2D eigenvalue weighted by atomic mass is 32.2. The molecular formula is C20H17FN4O3S2. The fourth-order valence-electron chi connectivity index (χ4n) is 3.15. The van der Waals surface area contributed by atoms with Crippen LogP contribution in [0.25, 0.3) is 12.2 Å². The van der Waals surface area contributed by atoms with Crippen LogP contribution in [0.15, 0.2) is 51.1 Å². The molecule has 3 heterocycles. The number of anilines is 1. The van der Waals surface area contributed by atoms with E-state index >= 15 is 0 Å². The highest BCUT2D eigenvalue weighted by molar-refractivity contribution is 7.89. The smallest absolute Gasteiger partial charge is 0.246 e. The average Bonchev–Trinajstić information content (AvgIpc) is 3.42. The molecule has 0 amide bonds. The lowest BCUT2D eigenvalue weighted by molar-refractivity contribution is 0.371. The first-order valence-corrected chi connectivity index (χ1v) is 11.4. The molecule has 2 aromatic heterocycles. The van der Waals surface area contributed by atoms with Crippen LogP contribution in [0.3, 0.4) is 0 Å². The first kappa shape index (κ1) is 20.3. The van der Waals surface area contributed by atoms with Gasteiger partial charge < -0.3 is 9.32 Å². The number of sulfonamides is 1. The van der Waals surface area contributed by atoms with Gasteiger partial charge in [0.05, 0.1) is 0 Å². The number of rotatable bonds is 5. The molecule has 0 bridgehead atoms. The van der Waals surface area contributed by atoms with Crippen molar-refractivity contribution in [2.45, 2.75) is 4.90 Å². The quantitative estimate of drug-likeness (QED) is 0.599. The minimum atomic E-state index is -3.93. The molecule has 1 aromatic carbocycles. The first-order chi connectivity index (χ1) is 14.5. The van der Waals surface area contributed by atoms with Gasteiger partial charge >= 0.3 is 0 Å². The molecule has 0 aliphatic carbocycles. The van der Waals surface area contributed by atoms with E-state index in [2.05, 4.69) is 4.98 Å². The summed E-state index contributed by atoms with van der Waals surface area (Å²) in [6.45, 7) is 0.877. The van der Waals surface area contributed by atoms with Gasteiger partial charge in [-0.3, -0.25) is 0 Å². The fourth-order valence-corrected chi connectivity index (χ4v) is 5.26. The van der Waals surface area contributed by atoms with Crippen LogP contribution in [0.4, 0.5) is 10.3 Å². The second-order valence-electron chi connectivity index (χ2n) is 6.49. The summed E-state index contributed by atoms with van der Waals surface area (Å²) in [5.74, 6) is -0.160. The molecule has 0 spiro atoms. The molecule has 1 aliphatic heterocycles. The Kier molecular flexibility index (Phi) is 5.67. The molecule has 154 valence electrons. The number of aromatic nitrogens is 1. The third-order valence-corrected chi connectivity index (χ3v) is 7.41. The lowest BCUT2D eigenvalue weighted by Gasteiger charge is -2.33. The van der Waals surface area contributed by atoms with Gasteiger partial charge in [0.15, 0.2) is 0 Å². The molecule has 30 heavy (non-hydrogen) atoms. The van der Waals surface area contributed by atoms with Gasteiger partial charge in [-0.15, -0.1) is 11.3 Å². The lowest BCUT2D eigenvalue weighted by atomic mass is 10.3. The van der Waals surface area contributed by atoms with Crippen LogP contribution in [0, 0.1) is 17.1 Å². The van der Waals surface area contributed by atoms with Crippen LogP contribution in [-0.4, -0.2) is 43.9 Å². The van der Waals surface area contributed by atoms with Crippen LogP contribution in [0.2, 0.25) is 0 Å². The zero-order valence-corrected chi connectivity index (χ0v) is 17.4. The summed E-state index contributed by atoms with van der Waals surface area (Å²) in [5.41, 5.74) is 0.145. The molecule has 1 saturated heterocycles. The number of halogens is 1. The van der Waals surface area contributed by atoms with Crippen molar-refractivity contribution in [1.29, 1.82) is 5.26 Å². The van der Waals surface area contributed by atoms with Gasteiger partial charge in [-0.2, -0.15) is 14.6 Å². The van der Waals surface area contributed by atoms with Crippen molar-refractivity contribution in [2.24, 2.45) is 0 Å². The lowest BCUT2D eigenvalue weighted by Crippen LogP contribution is -2.48. The van der Waals surface area contributed by atoms with Gasteiger partial charge in [0.2, 0.25) is 27.5 Å². The van der Waals surface area contributed by atoms with Crippen LogP contribution in [0.5, 0.6) is 0 Å². The number of piperazine rings is 1. The number of nitriles is 1. The number of benzene rings is 1. The maximum Gasteiger partial charge on any atom is 0.246 e. The summed E-state index contributed by atoms with van der Waals surface area (Å²) in [5, 5.41) is 11.4. The van der Waals surface area contributed by atoms with Crippen LogP contribution in [0.1, 0.15) is 16.5 Å². The van der Waals surface area contributed by atoms with E-state index in [-0.39, 0.29) is 23.7 Å². The van der Waals surface area contributed by atoms with Crippen molar-refractivity contribution in [3.05, 3.63) is 64.1 Å². The highest BCUT2D eigenvalue weighted by Gasteiger charge is 2.32. The van der Waals surface area contributed by atoms with Crippen LogP contribution < -0.4 is 4.90 Å². The van der Waals surface area contributed by atoms with Gasteiger partial charge in [-0.05, 0) is 29.7 Å². The fraction of sp³-hybridized carbons (Fsp3) is 0.200. The maximum atomic E-state index is 14.0. The van der Waals surface area contributed by atoms with Crippen LogP contribution in [-0.2, 0) is 10.0 Å². The van der Waals surface area contributed by atoms with Crippen LogP contribution >= 0.6 is 11.3 Å². The molecule has 0 saturated carbocycles. The van der Waals surface area contributed by atoms with Gasteiger partial charge in [0, 0.05) is 37.1 Å². The standard InChI is InChI=1S/C20H17FN4O3S2/c21-16-5-1-2-6-18(16)30(26,27)25-11-9-24(10-12-25)20-17(14-22)23-19(28-20)8-7-15-4-3-13-29-15/h1-8,13H,9-12H2/b8-7+. The van der Waals surface area contributed by atoms with Crippen molar-refractivity contribution in [3.8, 4) is 6.07 Å². The Morgan fingerprint density at radius 3 is 2.57 bits per heavy atom. The van der Waals surface area contributed by atoms with Gasteiger partial charge in [0.25, 0.3) is 0 Å². The molecule has 0 N–H and O–H groups in total. The van der Waals surface area contributed by atoms with Crippen molar-refractivity contribution in [1.82, 2.24) is 9.29 Å². The van der Waals surface area contributed by atoms with Gasteiger partial charge in [0.1, 0.15) is 16.8 Å². The van der Waals surface area contributed by atoms with Gasteiger partial charge in [-0.1, -0.05) is 18.2 Å². The monoisotopic (exact) mass is 444 g/mol. The Hall–Kier alpha value is -3.00. The Labute approximate surface area is 177 Å². The van der Waals surface area contributed by atoms with E-state index in [1.54, 1.807) is 22.3 Å². The second kappa shape index (κ2) is 8.39. The predicted molar refractivity (Wildman–Crippen MR) is 112 cm³/mol. The molecule has 3 aromatic rings. The normalized spacial score (nSPS) is 15.5. The molecular weight excluding hydrogens is 427 g/mol. The van der Waals surface area contributed by atoms with E-state index in [4.69, 9.17) is 4.42 Å². The predicted octanol–water partition coefficient (Wildman–Crippen LogP) is 3.43. The van der Waals surface area contributed by atoms with E-state index in [0.717, 1.165) is 10.9 Å². The number of nitrogens with zero attached hydrogens (tertiary/aromatic N) is 4. The summed E-state index contributed by atoms with van der Waals surface area (Å²) in [4.78, 5) is 6.67. The molecule has 7 nitrogen and oxygen atoms in total. The first-order valence-electron chi connectivity index (χ1n) is 9.11. The number of oxazole rings is 1. The largest absolute Gasteiger partial charge is 0.420 e. The number of hydrogen-bond donors (Lipinski definition) is 0. The second-order valence-corrected chi connectivity index (χ2v) is 9.37. The Balaban J connectivity index is 1.49. The topological polar surface area (TPSA) is 90.4 Å². The highest BCUT2D eigenvalue weighted by Crippen LogP contribution is 2.26. The molecule has 0 radical (unpaired) electrons. The number of thiophene rings is 1. The molecule has 1 aliphatic rings. The SMILES string of the molecule is N#Cc1nc(/C=C/c2cccs2)oc1N1CCN(S(=O)(=O)c2ccccc2F)CC1. The maximum absolute atomic E-state index is 14.0. The summed E-state index contributed by atoms with van der Waals surface area (Å²) in [6.07, 6.45) is 3.54. The number of hydrogen-bond acceptors (Lipinski definition) is 7. The molecule has 0 unspecified atom stereocenters. The van der Waals surface area contributed by atoms with Gasteiger partial charge in [-0.25, -0.2) is 12.8 Å². The average molecular weight is 445 g/mol. The Morgan fingerprint density at radius 1 is 1.13 bits per heavy atom. The summed E-state index contributed by atoms with van der Waals surface area (Å²) >= 11 is 1.57. The third kappa shape index (κ3) is 4.00. The zero-order valence-electron chi connectivity index (χ0n) is 15.7. The molecule has 10 heteroatoms. The van der Waals surface area contributed by atoms with Crippen molar-refractivity contribution < 1.29 is 17.2 Å². The molecule has 4 rings (SSSR count). The summed E-state index contributed by atoms with van der Waals surface area (Å²) < 4.78 is 46.5. The van der Waals surface area contributed by atoms with E-state index in [1.165, 1.54) is 22.5 Å². The van der Waals surface area contributed by atoms with E-state index in [9.17, 15) is 18.1 Å². The molecule has 1 fully saturated rings. The molecule has 0 atom stereocenters. The van der Waals surface area contributed by atoms with Crippen molar-refractivity contribution in [2.75, 3.05) is 31.1 Å². The van der Waals surface area contributed by atoms with Crippen molar-refractivity contribution in [3.63, 3.8) is 0 Å². The summed E-state index contributed by atoms with van der Waals surface area (Å²) in [7, 11) is -3.93. The Bertz CT molecular complexity index is 1210. The Morgan fingerprint density at radius 2 is 1.90 bits per heavy atom. The summed E-state index contributed by atoms with van der Waals surface area (Å²) in [6, 6.07) is 11.2. The third-order valence-electron chi connectivity index (χ3n) is 4.65. The van der Waals surface area contributed by atoms with E-state index in [0.29, 0.717) is 24.9 Å². The van der Waals surface area contributed by atoms with E-state index < -0.39 is 15.8 Å². The van der Waals surface area contributed by atoms with E-state index in [1.807, 2.05) is 29.7 Å². The zero-order chi connectivity index (χ0) is 21.1. The minimum Gasteiger partial charge on any atom is -0.420 e. The minimum absolute atomic E-state index is 0.141.